The number of aromatic carboxylic acids is 1. The van der Waals surface area contributed by atoms with E-state index in [9.17, 15) is 4.79 Å². The van der Waals surface area contributed by atoms with Crippen molar-refractivity contribution in [2.75, 3.05) is 11.9 Å². The summed E-state index contributed by atoms with van der Waals surface area (Å²) in [6.07, 6.45) is 3.00. The molecule has 4 nitrogen and oxygen atoms in total. The molecule has 0 radical (unpaired) electrons. The molecule has 4 N–H and O–H groups in total. The molecule has 0 saturated carbocycles. The largest absolute Gasteiger partial charge is 0.478 e. The average Bonchev–Trinajstić information content (AvgIpc) is 2.49. The molecule has 0 fully saturated rings. The zero-order valence-electron chi connectivity index (χ0n) is 9.07. The number of anilines is 1. The molecule has 1 aromatic carbocycles. The van der Waals surface area contributed by atoms with Gasteiger partial charge in [0.1, 0.15) is 0 Å². The standard InChI is InChI=1S/C12H16N2O2/c13-7-10-3-1-2-8-6-9(12(15)16)4-5-11(8)14-10/h4-6,10,14H,1-3,7,13H2,(H,15,16). The van der Waals surface area contributed by atoms with Crippen LogP contribution in [0.4, 0.5) is 5.69 Å². The molecule has 0 bridgehead atoms. The Bertz CT molecular complexity index is 404. The Kier molecular flexibility index (Phi) is 3.10. The number of nitrogens with one attached hydrogen (secondary N) is 1. The van der Waals surface area contributed by atoms with E-state index in [1.54, 1.807) is 12.1 Å². The van der Waals surface area contributed by atoms with Crippen LogP contribution in [-0.4, -0.2) is 23.7 Å². The summed E-state index contributed by atoms with van der Waals surface area (Å²) in [6.45, 7) is 0.611. The molecule has 2 rings (SSSR count). The number of aryl methyl sites for hydroxylation is 1. The number of fused-ring (bicyclic) bond motifs is 1. The molecule has 1 heterocycles. The number of carboxylic acids is 1. The third kappa shape index (κ3) is 2.17. The number of rotatable bonds is 2. The quantitative estimate of drug-likeness (QED) is 0.705. The first kappa shape index (κ1) is 11.0. The summed E-state index contributed by atoms with van der Waals surface area (Å²) < 4.78 is 0. The van der Waals surface area contributed by atoms with E-state index in [0.29, 0.717) is 18.2 Å². The highest BCUT2D eigenvalue weighted by molar-refractivity contribution is 5.88. The van der Waals surface area contributed by atoms with Crippen LogP contribution in [0.2, 0.25) is 0 Å². The topological polar surface area (TPSA) is 75.4 Å². The van der Waals surface area contributed by atoms with Crippen LogP contribution in [0.1, 0.15) is 28.8 Å². The minimum absolute atomic E-state index is 0.303. The lowest BCUT2D eigenvalue weighted by molar-refractivity contribution is 0.0697. The summed E-state index contributed by atoms with van der Waals surface area (Å²) in [5.41, 5.74) is 8.11. The maximum absolute atomic E-state index is 10.9. The van der Waals surface area contributed by atoms with Crippen LogP contribution >= 0.6 is 0 Å². The Morgan fingerprint density at radius 1 is 1.56 bits per heavy atom. The third-order valence-electron chi connectivity index (χ3n) is 3.00. The van der Waals surface area contributed by atoms with Gasteiger partial charge < -0.3 is 16.2 Å². The first-order chi connectivity index (χ1) is 7.70. The Labute approximate surface area is 94.5 Å². The molecule has 0 aliphatic carbocycles. The minimum atomic E-state index is -0.873. The Morgan fingerprint density at radius 2 is 2.38 bits per heavy atom. The Morgan fingerprint density at radius 3 is 3.06 bits per heavy atom. The zero-order valence-corrected chi connectivity index (χ0v) is 9.07. The van der Waals surface area contributed by atoms with Gasteiger partial charge in [0.05, 0.1) is 5.56 Å². The van der Waals surface area contributed by atoms with Gasteiger partial charge in [-0.15, -0.1) is 0 Å². The van der Waals surface area contributed by atoms with Crippen molar-refractivity contribution in [1.82, 2.24) is 0 Å². The summed E-state index contributed by atoms with van der Waals surface area (Å²) >= 11 is 0. The van der Waals surface area contributed by atoms with Gasteiger partial charge in [-0.3, -0.25) is 0 Å². The van der Waals surface area contributed by atoms with E-state index >= 15 is 0 Å². The molecule has 1 unspecified atom stereocenters. The fourth-order valence-corrected chi connectivity index (χ4v) is 2.08. The zero-order chi connectivity index (χ0) is 11.5. The number of benzene rings is 1. The van der Waals surface area contributed by atoms with Crippen molar-refractivity contribution < 1.29 is 9.90 Å². The second-order valence-corrected chi connectivity index (χ2v) is 4.15. The van der Waals surface area contributed by atoms with Crippen molar-refractivity contribution in [3.63, 3.8) is 0 Å². The molecule has 86 valence electrons. The molecule has 1 aromatic rings. The summed E-state index contributed by atoms with van der Waals surface area (Å²) in [5, 5.41) is 12.3. The van der Waals surface area contributed by atoms with E-state index in [4.69, 9.17) is 10.8 Å². The van der Waals surface area contributed by atoms with E-state index in [2.05, 4.69) is 5.32 Å². The summed E-state index contributed by atoms with van der Waals surface area (Å²) in [6, 6.07) is 5.53. The number of carbonyl (C=O) groups is 1. The smallest absolute Gasteiger partial charge is 0.335 e. The molecule has 0 saturated heterocycles. The second-order valence-electron chi connectivity index (χ2n) is 4.15. The van der Waals surface area contributed by atoms with Crippen molar-refractivity contribution in [3.05, 3.63) is 29.3 Å². The number of hydrogen-bond acceptors (Lipinski definition) is 3. The molecule has 1 atom stereocenters. The molecule has 0 spiro atoms. The van der Waals surface area contributed by atoms with Crippen LogP contribution < -0.4 is 11.1 Å². The van der Waals surface area contributed by atoms with Gasteiger partial charge in [0.25, 0.3) is 0 Å². The molecule has 0 amide bonds. The van der Waals surface area contributed by atoms with Crippen molar-refractivity contribution in [3.8, 4) is 0 Å². The van der Waals surface area contributed by atoms with Crippen LogP contribution in [0, 0.1) is 0 Å². The fourth-order valence-electron chi connectivity index (χ4n) is 2.08. The maximum atomic E-state index is 10.9. The molecule has 1 aliphatic rings. The lowest BCUT2D eigenvalue weighted by Gasteiger charge is -2.15. The Balaban J connectivity index is 2.30. The first-order valence-electron chi connectivity index (χ1n) is 5.53. The number of nitrogens with two attached hydrogens (primary N) is 1. The van der Waals surface area contributed by atoms with Gasteiger partial charge in [-0.2, -0.15) is 0 Å². The lowest BCUT2D eigenvalue weighted by atomic mass is 10.0. The van der Waals surface area contributed by atoms with E-state index in [1.807, 2.05) is 6.07 Å². The molecular formula is C12H16N2O2. The predicted octanol–water partition coefficient (Wildman–Crippen LogP) is 1.46. The molecule has 16 heavy (non-hydrogen) atoms. The van der Waals surface area contributed by atoms with Crippen LogP contribution in [0.3, 0.4) is 0 Å². The molecule has 0 aromatic heterocycles. The highest BCUT2D eigenvalue weighted by atomic mass is 16.4. The highest BCUT2D eigenvalue weighted by Crippen LogP contribution is 2.24. The average molecular weight is 220 g/mol. The van der Waals surface area contributed by atoms with Crippen LogP contribution in [0.5, 0.6) is 0 Å². The van der Waals surface area contributed by atoms with Gasteiger partial charge in [0.2, 0.25) is 0 Å². The van der Waals surface area contributed by atoms with Crippen LogP contribution in [-0.2, 0) is 6.42 Å². The number of hydrogen-bond donors (Lipinski definition) is 3. The highest BCUT2D eigenvalue weighted by Gasteiger charge is 2.15. The van der Waals surface area contributed by atoms with Crippen molar-refractivity contribution in [2.24, 2.45) is 5.73 Å². The Hall–Kier alpha value is -1.55. The van der Waals surface area contributed by atoms with Gasteiger partial charge in [-0.05, 0) is 43.0 Å². The summed E-state index contributed by atoms with van der Waals surface area (Å²) in [4.78, 5) is 10.9. The van der Waals surface area contributed by atoms with Crippen molar-refractivity contribution in [1.29, 1.82) is 0 Å². The van der Waals surface area contributed by atoms with E-state index in [-0.39, 0.29) is 0 Å². The third-order valence-corrected chi connectivity index (χ3v) is 3.00. The van der Waals surface area contributed by atoms with E-state index < -0.39 is 5.97 Å². The van der Waals surface area contributed by atoms with E-state index in [1.165, 1.54) is 0 Å². The molecular weight excluding hydrogens is 204 g/mol. The normalized spacial score (nSPS) is 19.4. The maximum Gasteiger partial charge on any atom is 0.335 e. The van der Waals surface area contributed by atoms with Gasteiger partial charge in [0, 0.05) is 18.3 Å². The van der Waals surface area contributed by atoms with Crippen molar-refractivity contribution in [2.45, 2.75) is 25.3 Å². The van der Waals surface area contributed by atoms with Gasteiger partial charge >= 0.3 is 5.97 Å². The van der Waals surface area contributed by atoms with Crippen molar-refractivity contribution >= 4 is 11.7 Å². The fraction of sp³-hybridized carbons (Fsp3) is 0.417. The monoisotopic (exact) mass is 220 g/mol. The molecule has 4 heteroatoms. The van der Waals surface area contributed by atoms with E-state index in [0.717, 1.165) is 30.5 Å². The van der Waals surface area contributed by atoms with Gasteiger partial charge in [-0.1, -0.05) is 0 Å². The SMILES string of the molecule is NCC1CCCc2cc(C(=O)O)ccc2N1. The minimum Gasteiger partial charge on any atom is -0.478 e. The van der Waals surface area contributed by atoms with Crippen LogP contribution in [0.25, 0.3) is 0 Å². The number of carboxylic acid groups (broad SMARTS) is 1. The molecule has 1 aliphatic heterocycles. The van der Waals surface area contributed by atoms with Crippen LogP contribution in [0.15, 0.2) is 18.2 Å². The second kappa shape index (κ2) is 4.53. The lowest BCUT2D eigenvalue weighted by Crippen LogP contribution is -2.27. The summed E-state index contributed by atoms with van der Waals surface area (Å²) in [7, 11) is 0. The first-order valence-corrected chi connectivity index (χ1v) is 5.53. The summed E-state index contributed by atoms with van der Waals surface area (Å²) in [5.74, 6) is -0.873. The predicted molar refractivity (Wildman–Crippen MR) is 62.8 cm³/mol. The van der Waals surface area contributed by atoms with Gasteiger partial charge in [-0.25, -0.2) is 4.79 Å². The van der Waals surface area contributed by atoms with Gasteiger partial charge in [0.15, 0.2) is 0 Å².